The van der Waals surface area contributed by atoms with E-state index >= 15 is 0 Å². The fourth-order valence-corrected chi connectivity index (χ4v) is 3.64. The van der Waals surface area contributed by atoms with Crippen LogP contribution in [0.4, 0.5) is 5.69 Å². The Bertz CT molecular complexity index is 384. The van der Waals surface area contributed by atoms with E-state index < -0.39 is 0 Å². The van der Waals surface area contributed by atoms with Gasteiger partial charge in [-0.3, -0.25) is 0 Å². The molecule has 0 saturated heterocycles. The summed E-state index contributed by atoms with van der Waals surface area (Å²) >= 11 is 8.26. The van der Waals surface area contributed by atoms with E-state index in [-0.39, 0.29) is 5.41 Å². The third-order valence-electron chi connectivity index (χ3n) is 2.87. The third kappa shape index (κ3) is 2.22. The first-order chi connectivity index (χ1) is 7.04. The molecule has 0 spiro atoms. The molecular formula is C10H12ClIN2S. The van der Waals surface area contributed by atoms with Crippen LogP contribution in [-0.4, -0.2) is 11.5 Å². The number of pyridine rings is 1. The molecule has 0 bridgehead atoms. The number of nitrogens with zero attached hydrogens (tertiary/aromatic N) is 2. The molecule has 82 valence electrons. The van der Waals surface area contributed by atoms with Crippen molar-refractivity contribution in [2.45, 2.75) is 25.7 Å². The van der Waals surface area contributed by atoms with Crippen LogP contribution >= 0.6 is 41.9 Å². The topological polar surface area (TPSA) is 16.1 Å². The van der Waals surface area contributed by atoms with Crippen molar-refractivity contribution in [3.05, 3.63) is 23.0 Å². The van der Waals surface area contributed by atoms with Gasteiger partial charge in [0, 0.05) is 36.9 Å². The first-order valence-electron chi connectivity index (χ1n) is 4.77. The lowest BCUT2D eigenvalue weighted by Gasteiger charge is -2.38. The van der Waals surface area contributed by atoms with Crippen molar-refractivity contribution in [1.29, 1.82) is 0 Å². The van der Waals surface area contributed by atoms with Crippen molar-refractivity contribution in [2.75, 3.05) is 10.8 Å². The third-order valence-corrected chi connectivity index (χ3v) is 5.05. The Morgan fingerprint density at radius 3 is 3.00 bits per heavy atom. The molecule has 0 saturated carbocycles. The van der Waals surface area contributed by atoms with Gasteiger partial charge in [0.05, 0.1) is 11.9 Å². The van der Waals surface area contributed by atoms with E-state index in [2.05, 4.69) is 44.3 Å². The van der Waals surface area contributed by atoms with E-state index in [1.165, 1.54) is 11.3 Å². The maximum absolute atomic E-state index is 5.96. The lowest BCUT2D eigenvalue weighted by molar-refractivity contribution is 0.473. The Kier molecular flexibility index (Phi) is 3.38. The fraction of sp³-hybridized carbons (Fsp3) is 0.500. The van der Waals surface area contributed by atoms with Crippen LogP contribution in [0.5, 0.6) is 0 Å². The Labute approximate surface area is 112 Å². The predicted octanol–water partition coefficient (Wildman–Crippen LogP) is 4.22. The molecule has 0 aromatic carbocycles. The molecule has 0 fully saturated rings. The molecule has 0 aliphatic carbocycles. The SMILES string of the molecule is CC1(C)CCN(SI)c2cnc(Cl)cc21. The van der Waals surface area contributed by atoms with Crippen molar-refractivity contribution in [3.8, 4) is 0 Å². The molecule has 2 nitrogen and oxygen atoms in total. The Morgan fingerprint density at radius 1 is 1.60 bits per heavy atom. The van der Waals surface area contributed by atoms with Gasteiger partial charge in [-0.1, -0.05) is 25.4 Å². The highest BCUT2D eigenvalue weighted by Gasteiger charge is 2.31. The van der Waals surface area contributed by atoms with Crippen LogP contribution in [0.25, 0.3) is 0 Å². The average molecular weight is 355 g/mol. The van der Waals surface area contributed by atoms with Gasteiger partial charge >= 0.3 is 0 Å². The van der Waals surface area contributed by atoms with Crippen LogP contribution in [0, 0.1) is 0 Å². The highest BCUT2D eigenvalue weighted by atomic mass is 127. The van der Waals surface area contributed by atoms with E-state index in [1.54, 1.807) is 9.12 Å². The van der Waals surface area contributed by atoms with Gasteiger partial charge in [0.25, 0.3) is 0 Å². The summed E-state index contributed by atoms with van der Waals surface area (Å²) in [5.74, 6) is 0. The zero-order valence-electron chi connectivity index (χ0n) is 8.63. The van der Waals surface area contributed by atoms with Gasteiger partial charge in [0.1, 0.15) is 5.15 Å². The van der Waals surface area contributed by atoms with Crippen molar-refractivity contribution in [1.82, 2.24) is 4.98 Å². The molecule has 1 aromatic heterocycles. The minimum atomic E-state index is 0.199. The van der Waals surface area contributed by atoms with Gasteiger partial charge in [0.15, 0.2) is 0 Å². The maximum atomic E-state index is 5.96. The molecule has 1 aliphatic heterocycles. The smallest absolute Gasteiger partial charge is 0.129 e. The number of fused-ring (bicyclic) bond motifs is 1. The average Bonchev–Trinajstić information content (AvgIpc) is 2.19. The molecule has 2 heterocycles. The van der Waals surface area contributed by atoms with Gasteiger partial charge in [0.2, 0.25) is 0 Å². The van der Waals surface area contributed by atoms with E-state index in [9.17, 15) is 0 Å². The number of anilines is 1. The summed E-state index contributed by atoms with van der Waals surface area (Å²) < 4.78 is 2.27. The highest BCUT2D eigenvalue weighted by molar-refractivity contribution is 14.2. The minimum Gasteiger partial charge on any atom is -0.306 e. The zero-order valence-corrected chi connectivity index (χ0v) is 12.4. The molecule has 2 rings (SSSR count). The Morgan fingerprint density at radius 2 is 2.33 bits per heavy atom. The van der Waals surface area contributed by atoms with Crippen LogP contribution in [0.15, 0.2) is 12.3 Å². The molecule has 5 heteroatoms. The number of halogens is 2. The summed E-state index contributed by atoms with van der Waals surface area (Å²) in [5, 5.41) is 0.585. The van der Waals surface area contributed by atoms with Crippen LogP contribution in [0.3, 0.4) is 0 Å². The summed E-state index contributed by atoms with van der Waals surface area (Å²) in [7, 11) is 1.72. The molecule has 0 N–H and O–H groups in total. The van der Waals surface area contributed by atoms with Gasteiger partial charge in [-0.2, -0.15) is 0 Å². The monoisotopic (exact) mass is 354 g/mol. The highest BCUT2D eigenvalue weighted by Crippen LogP contribution is 2.43. The molecule has 0 radical (unpaired) electrons. The fourth-order valence-electron chi connectivity index (χ4n) is 1.87. The molecule has 0 unspecified atom stereocenters. The van der Waals surface area contributed by atoms with E-state index in [0.29, 0.717) is 5.15 Å². The number of rotatable bonds is 1. The van der Waals surface area contributed by atoms with E-state index in [0.717, 1.165) is 13.0 Å². The predicted molar refractivity (Wildman–Crippen MR) is 75.8 cm³/mol. The summed E-state index contributed by atoms with van der Waals surface area (Å²) in [6, 6.07) is 2.00. The van der Waals surface area contributed by atoms with Gasteiger partial charge in [-0.05, 0) is 23.5 Å². The minimum absolute atomic E-state index is 0.199. The van der Waals surface area contributed by atoms with Crippen LogP contribution < -0.4 is 4.31 Å². The standard InChI is InChI=1S/C10H12ClIN2S/c1-10(2)3-4-14(15-12)8-6-13-9(11)5-7(8)10/h5-6H,3-4H2,1-2H3. The van der Waals surface area contributed by atoms with E-state index in [4.69, 9.17) is 11.6 Å². The van der Waals surface area contributed by atoms with Gasteiger partial charge < -0.3 is 4.31 Å². The first-order valence-corrected chi connectivity index (χ1v) is 8.46. The molecular weight excluding hydrogens is 343 g/mol. The summed E-state index contributed by atoms with van der Waals surface area (Å²) in [6.45, 7) is 5.59. The molecule has 0 amide bonds. The Balaban J connectivity index is 2.53. The molecule has 1 aromatic rings. The first kappa shape index (κ1) is 11.8. The second kappa shape index (κ2) is 4.30. The summed E-state index contributed by atoms with van der Waals surface area (Å²) in [6.07, 6.45) is 3.03. The molecule has 0 atom stereocenters. The molecule has 1 aliphatic rings. The normalized spacial score (nSPS) is 18.8. The number of aromatic nitrogens is 1. The quantitative estimate of drug-likeness (QED) is 0.427. The van der Waals surface area contributed by atoms with Crippen molar-refractivity contribution in [3.63, 3.8) is 0 Å². The van der Waals surface area contributed by atoms with Crippen molar-refractivity contribution >= 4 is 47.6 Å². The van der Waals surface area contributed by atoms with Gasteiger partial charge in [-0.15, -0.1) is 0 Å². The summed E-state index contributed by atoms with van der Waals surface area (Å²) in [4.78, 5) is 4.16. The Hall–Kier alpha value is 0.320. The maximum Gasteiger partial charge on any atom is 0.129 e. The zero-order chi connectivity index (χ0) is 11.1. The summed E-state index contributed by atoms with van der Waals surface area (Å²) in [5.41, 5.74) is 2.71. The van der Waals surface area contributed by atoms with Crippen LogP contribution in [-0.2, 0) is 5.41 Å². The van der Waals surface area contributed by atoms with E-state index in [1.807, 2.05) is 12.3 Å². The number of hydrogen-bond donors (Lipinski definition) is 0. The van der Waals surface area contributed by atoms with Crippen molar-refractivity contribution < 1.29 is 0 Å². The van der Waals surface area contributed by atoms with Gasteiger partial charge in [-0.25, -0.2) is 4.98 Å². The van der Waals surface area contributed by atoms with Crippen molar-refractivity contribution in [2.24, 2.45) is 0 Å². The lowest BCUT2D eigenvalue weighted by atomic mass is 9.79. The second-order valence-electron chi connectivity index (χ2n) is 4.33. The molecule has 15 heavy (non-hydrogen) atoms. The van der Waals surface area contributed by atoms with Crippen LogP contribution in [0.2, 0.25) is 5.15 Å². The number of hydrogen-bond acceptors (Lipinski definition) is 3. The van der Waals surface area contributed by atoms with Crippen LogP contribution in [0.1, 0.15) is 25.8 Å². The lowest BCUT2D eigenvalue weighted by Crippen LogP contribution is -2.32. The second-order valence-corrected chi connectivity index (χ2v) is 6.48. The largest absolute Gasteiger partial charge is 0.306 e.